The van der Waals surface area contributed by atoms with E-state index in [9.17, 15) is 9.59 Å². The van der Waals surface area contributed by atoms with E-state index < -0.39 is 5.97 Å². The molecule has 0 N–H and O–H groups in total. The van der Waals surface area contributed by atoms with Gasteiger partial charge in [0.15, 0.2) is 11.5 Å². The van der Waals surface area contributed by atoms with Crippen LogP contribution >= 0.6 is 0 Å². The Morgan fingerprint density at radius 2 is 1.53 bits per heavy atom. The summed E-state index contributed by atoms with van der Waals surface area (Å²) in [6, 6.07) is 16.1. The van der Waals surface area contributed by atoms with Gasteiger partial charge in [0.2, 0.25) is 0 Å². The number of fused-ring (bicyclic) bond motifs is 1. The van der Waals surface area contributed by atoms with Crippen molar-refractivity contribution >= 4 is 11.9 Å². The molecule has 1 amide bonds. The molecule has 0 fully saturated rings. The van der Waals surface area contributed by atoms with Gasteiger partial charge in [0, 0.05) is 12.1 Å². The van der Waals surface area contributed by atoms with Gasteiger partial charge < -0.3 is 23.8 Å². The Bertz CT molecular complexity index is 1270. The summed E-state index contributed by atoms with van der Waals surface area (Å²) in [7, 11) is 4.55. The minimum atomic E-state index is -0.408. The summed E-state index contributed by atoms with van der Waals surface area (Å²) in [5, 5.41) is 0. The Hall–Kier alpha value is -4.00. The van der Waals surface area contributed by atoms with Crippen LogP contribution in [0.25, 0.3) is 0 Å². The fourth-order valence-electron chi connectivity index (χ4n) is 4.47. The van der Waals surface area contributed by atoms with Crippen LogP contribution in [0.15, 0.2) is 54.6 Å². The fraction of sp³-hybridized carbons (Fsp3) is 0.310. The maximum absolute atomic E-state index is 13.7. The summed E-state index contributed by atoms with van der Waals surface area (Å²) in [6.45, 7) is 4.82. The molecule has 1 unspecified atom stereocenters. The highest BCUT2D eigenvalue weighted by atomic mass is 16.5. The monoisotopic (exact) mass is 489 g/mol. The van der Waals surface area contributed by atoms with Crippen molar-refractivity contribution in [1.29, 1.82) is 0 Å². The van der Waals surface area contributed by atoms with Gasteiger partial charge in [0.1, 0.15) is 12.4 Å². The number of esters is 1. The number of hydrogen-bond acceptors (Lipinski definition) is 6. The van der Waals surface area contributed by atoms with Crippen LogP contribution in [0.5, 0.6) is 17.2 Å². The molecule has 7 nitrogen and oxygen atoms in total. The lowest BCUT2D eigenvalue weighted by Gasteiger charge is -2.37. The van der Waals surface area contributed by atoms with Gasteiger partial charge in [-0.1, -0.05) is 6.07 Å². The van der Waals surface area contributed by atoms with Crippen molar-refractivity contribution < 1.29 is 28.5 Å². The second kappa shape index (κ2) is 10.7. The van der Waals surface area contributed by atoms with Crippen LogP contribution in [0.3, 0.4) is 0 Å². The zero-order chi connectivity index (χ0) is 25.8. The van der Waals surface area contributed by atoms with Crippen molar-refractivity contribution in [2.75, 3.05) is 34.5 Å². The highest BCUT2D eigenvalue weighted by Crippen LogP contribution is 2.39. The molecule has 0 aliphatic carbocycles. The third kappa shape index (κ3) is 5.00. The molecule has 188 valence electrons. The summed E-state index contributed by atoms with van der Waals surface area (Å²) in [6.07, 6.45) is 0.691. The van der Waals surface area contributed by atoms with Crippen molar-refractivity contribution in [3.05, 3.63) is 88.0 Å². The zero-order valence-electron chi connectivity index (χ0n) is 21.3. The van der Waals surface area contributed by atoms with Crippen LogP contribution in [-0.4, -0.2) is 51.3 Å². The van der Waals surface area contributed by atoms with Crippen LogP contribution in [0, 0.1) is 13.8 Å². The third-order valence-corrected chi connectivity index (χ3v) is 6.70. The van der Waals surface area contributed by atoms with Gasteiger partial charge >= 0.3 is 5.97 Å². The number of ether oxygens (including phenoxy) is 4. The molecule has 1 aliphatic heterocycles. The summed E-state index contributed by atoms with van der Waals surface area (Å²) in [4.78, 5) is 27.3. The lowest BCUT2D eigenvalue weighted by atomic mass is 9.91. The first-order chi connectivity index (χ1) is 17.4. The second-order valence-corrected chi connectivity index (χ2v) is 8.80. The molecule has 0 aromatic heterocycles. The molecular formula is C29H31NO6. The normalized spacial score (nSPS) is 14.6. The van der Waals surface area contributed by atoms with E-state index in [4.69, 9.17) is 18.9 Å². The lowest BCUT2D eigenvalue weighted by molar-refractivity contribution is 0.0582. The van der Waals surface area contributed by atoms with E-state index in [1.165, 1.54) is 7.11 Å². The Morgan fingerprint density at radius 3 is 2.17 bits per heavy atom. The molecule has 3 aromatic carbocycles. The Labute approximate surface area is 211 Å². The summed E-state index contributed by atoms with van der Waals surface area (Å²) in [5.74, 6) is 1.39. The molecule has 7 heteroatoms. The minimum Gasteiger partial charge on any atom is -0.493 e. The molecule has 1 atom stereocenters. The number of rotatable bonds is 7. The SMILES string of the molecule is COC(=O)c1ccc(OCC2c3cc(OC)c(OC)cc3CCN2C(=O)c2ccc(C)c(C)c2)cc1. The van der Waals surface area contributed by atoms with Crippen LogP contribution in [-0.2, 0) is 11.2 Å². The molecule has 0 bridgehead atoms. The van der Waals surface area contributed by atoms with Crippen molar-refractivity contribution in [2.24, 2.45) is 0 Å². The van der Waals surface area contributed by atoms with Crippen LogP contribution < -0.4 is 14.2 Å². The van der Waals surface area contributed by atoms with Gasteiger partial charge in [0.25, 0.3) is 5.91 Å². The maximum Gasteiger partial charge on any atom is 0.337 e. The number of carbonyl (C=O) groups is 2. The van der Waals surface area contributed by atoms with Gasteiger partial charge in [-0.3, -0.25) is 4.79 Å². The van der Waals surface area contributed by atoms with Gasteiger partial charge in [0.05, 0.1) is 32.9 Å². The van der Waals surface area contributed by atoms with E-state index in [1.807, 2.05) is 49.1 Å². The average molecular weight is 490 g/mol. The van der Waals surface area contributed by atoms with E-state index in [0.29, 0.717) is 41.3 Å². The van der Waals surface area contributed by atoms with Gasteiger partial charge in [-0.05, 0) is 91.1 Å². The van der Waals surface area contributed by atoms with Gasteiger partial charge in [-0.25, -0.2) is 4.79 Å². The maximum atomic E-state index is 13.7. The van der Waals surface area contributed by atoms with Crippen molar-refractivity contribution in [3.8, 4) is 17.2 Å². The molecular weight excluding hydrogens is 458 g/mol. The predicted octanol–water partition coefficient (Wildman–Crippen LogP) is 4.93. The summed E-state index contributed by atoms with van der Waals surface area (Å²) >= 11 is 0. The highest BCUT2D eigenvalue weighted by Gasteiger charge is 2.33. The van der Waals surface area contributed by atoms with Crippen LogP contribution in [0.2, 0.25) is 0 Å². The Kier molecular flexibility index (Phi) is 7.48. The number of aryl methyl sites for hydroxylation is 2. The first-order valence-electron chi connectivity index (χ1n) is 11.8. The summed E-state index contributed by atoms with van der Waals surface area (Å²) in [5.41, 5.74) is 5.35. The van der Waals surface area contributed by atoms with Crippen molar-refractivity contribution in [1.82, 2.24) is 4.90 Å². The zero-order valence-corrected chi connectivity index (χ0v) is 21.3. The second-order valence-electron chi connectivity index (χ2n) is 8.80. The van der Waals surface area contributed by atoms with Gasteiger partial charge in [-0.2, -0.15) is 0 Å². The lowest BCUT2D eigenvalue weighted by Crippen LogP contribution is -2.42. The molecule has 4 rings (SSSR count). The summed E-state index contributed by atoms with van der Waals surface area (Å²) < 4.78 is 22.0. The highest BCUT2D eigenvalue weighted by molar-refractivity contribution is 5.95. The Balaban J connectivity index is 1.67. The molecule has 0 spiro atoms. The van der Waals surface area contributed by atoms with Gasteiger partial charge in [-0.15, -0.1) is 0 Å². The first kappa shape index (κ1) is 25.1. The predicted molar refractivity (Wildman–Crippen MR) is 136 cm³/mol. The van der Waals surface area contributed by atoms with E-state index in [2.05, 4.69) is 0 Å². The average Bonchev–Trinajstić information content (AvgIpc) is 2.91. The van der Waals surface area contributed by atoms with E-state index in [-0.39, 0.29) is 18.6 Å². The molecule has 0 saturated heterocycles. The van der Waals surface area contributed by atoms with E-state index in [0.717, 1.165) is 22.3 Å². The topological polar surface area (TPSA) is 74.3 Å². The van der Waals surface area contributed by atoms with E-state index in [1.54, 1.807) is 38.5 Å². The van der Waals surface area contributed by atoms with Crippen LogP contribution in [0.1, 0.15) is 49.0 Å². The quantitative estimate of drug-likeness (QED) is 0.439. The minimum absolute atomic E-state index is 0.0480. The number of carbonyl (C=O) groups excluding carboxylic acids is 2. The molecule has 0 radical (unpaired) electrons. The standard InChI is InChI=1S/C29H31NO6/c1-18-6-7-22(14-19(18)2)28(31)30-13-12-21-15-26(33-3)27(34-4)16-24(21)25(30)17-36-23-10-8-20(9-11-23)29(32)35-5/h6-11,14-16,25H,12-13,17H2,1-5H3. The third-order valence-electron chi connectivity index (χ3n) is 6.70. The molecule has 1 aliphatic rings. The first-order valence-corrected chi connectivity index (χ1v) is 11.8. The molecule has 1 heterocycles. The molecule has 36 heavy (non-hydrogen) atoms. The number of nitrogens with zero attached hydrogens (tertiary/aromatic N) is 1. The Morgan fingerprint density at radius 1 is 0.861 bits per heavy atom. The van der Waals surface area contributed by atoms with Crippen molar-refractivity contribution in [3.63, 3.8) is 0 Å². The van der Waals surface area contributed by atoms with Crippen molar-refractivity contribution in [2.45, 2.75) is 26.3 Å². The molecule has 0 saturated carbocycles. The fourth-order valence-corrected chi connectivity index (χ4v) is 4.47. The number of amides is 1. The van der Waals surface area contributed by atoms with E-state index >= 15 is 0 Å². The number of benzene rings is 3. The number of hydrogen-bond donors (Lipinski definition) is 0. The van der Waals surface area contributed by atoms with Crippen LogP contribution in [0.4, 0.5) is 0 Å². The molecule has 3 aromatic rings. The smallest absolute Gasteiger partial charge is 0.337 e. The largest absolute Gasteiger partial charge is 0.493 e. The number of methoxy groups -OCH3 is 3.